The van der Waals surface area contributed by atoms with E-state index < -0.39 is 0 Å². The molecule has 1 aromatic rings. The molecule has 0 radical (unpaired) electrons. The van der Waals surface area contributed by atoms with Crippen LogP contribution in [0, 0.1) is 0 Å². The van der Waals surface area contributed by atoms with Crippen LogP contribution < -0.4 is 11.5 Å². The van der Waals surface area contributed by atoms with Gasteiger partial charge in [-0.15, -0.1) is 0 Å². The van der Waals surface area contributed by atoms with Crippen molar-refractivity contribution in [1.82, 2.24) is 4.90 Å². The number of hydrogen-bond donors (Lipinski definition) is 3. The number of carbonyl (C=O) groups is 1. The number of anilines is 2. The molecule has 5 heteroatoms. The van der Waals surface area contributed by atoms with Crippen molar-refractivity contribution < 1.29 is 9.90 Å². The minimum Gasteiger partial charge on any atom is -0.399 e. The van der Waals surface area contributed by atoms with Crippen molar-refractivity contribution in [1.29, 1.82) is 0 Å². The number of hydrogen-bond acceptors (Lipinski definition) is 4. The molecule has 0 aliphatic carbocycles. The molecule has 18 heavy (non-hydrogen) atoms. The number of aliphatic hydroxyl groups is 1. The largest absolute Gasteiger partial charge is 0.399 e. The summed E-state index contributed by atoms with van der Waals surface area (Å²) in [5, 5.41) is 9.40. The fourth-order valence-electron chi connectivity index (χ4n) is 2.16. The van der Waals surface area contributed by atoms with Gasteiger partial charge in [0.15, 0.2) is 0 Å². The molecule has 0 bridgehead atoms. The van der Waals surface area contributed by atoms with Crippen molar-refractivity contribution >= 4 is 17.3 Å². The van der Waals surface area contributed by atoms with Gasteiger partial charge in [0.25, 0.3) is 0 Å². The molecule has 1 fully saturated rings. The first-order valence-corrected chi connectivity index (χ1v) is 6.16. The molecule has 1 aromatic carbocycles. The highest BCUT2D eigenvalue weighted by Crippen LogP contribution is 2.18. The van der Waals surface area contributed by atoms with E-state index in [9.17, 15) is 9.90 Å². The lowest BCUT2D eigenvalue weighted by molar-refractivity contribution is -0.132. The Morgan fingerprint density at radius 1 is 1.33 bits per heavy atom. The average Bonchev–Trinajstić information content (AvgIpc) is 2.33. The van der Waals surface area contributed by atoms with Gasteiger partial charge < -0.3 is 21.5 Å². The van der Waals surface area contributed by atoms with Crippen LogP contribution in [0.5, 0.6) is 0 Å². The highest BCUT2D eigenvalue weighted by Gasteiger charge is 2.21. The van der Waals surface area contributed by atoms with E-state index in [0.717, 1.165) is 5.56 Å². The van der Waals surface area contributed by atoms with Crippen molar-refractivity contribution in [2.75, 3.05) is 24.6 Å². The van der Waals surface area contributed by atoms with Gasteiger partial charge in [-0.2, -0.15) is 0 Å². The Balaban J connectivity index is 1.98. The van der Waals surface area contributed by atoms with Gasteiger partial charge in [0.2, 0.25) is 5.91 Å². The minimum atomic E-state index is -0.268. The van der Waals surface area contributed by atoms with E-state index >= 15 is 0 Å². The van der Waals surface area contributed by atoms with Gasteiger partial charge in [-0.05, 0) is 30.5 Å². The van der Waals surface area contributed by atoms with Crippen molar-refractivity contribution in [2.24, 2.45) is 0 Å². The van der Waals surface area contributed by atoms with Crippen molar-refractivity contribution in [3.05, 3.63) is 23.8 Å². The normalized spacial score (nSPS) is 16.8. The number of benzene rings is 1. The molecule has 0 atom stereocenters. The Labute approximate surface area is 106 Å². The molecule has 1 heterocycles. The predicted octanol–water partition coefficient (Wildman–Crippen LogP) is 0.377. The quantitative estimate of drug-likeness (QED) is 0.660. The first-order valence-electron chi connectivity index (χ1n) is 6.16. The maximum absolute atomic E-state index is 12.1. The molecule has 98 valence electrons. The first kappa shape index (κ1) is 12.7. The van der Waals surface area contributed by atoms with Crippen LogP contribution in [0.2, 0.25) is 0 Å². The van der Waals surface area contributed by atoms with E-state index in [1.807, 2.05) is 0 Å². The third-order valence-electron chi connectivity index (χ3n) is 3.33. The van der Waals surface area contributed by atoms with Crippen LogP contribution >= 0.6 is 0 Å². The Hall–Kier alpha value is -1.75. The number of nitrogens with zero attached hydrogens (tertiary/aromatic N) is 1. The van der Waals surface area contributed by atoms with Crippen LogP contribution in [0.4, 0.5) is 11.4 Å². The number of nitrogen functional groups attached to an aromatic ring is 2. The molecule has 1 amide bonds. The third-order valence-corrected chi connectivity index (χ3v) is 3.33. The van der Waals surface area contributed by atoms with Crippen molar-refractivity contribution in [3.8, 4) is 0 Å². The molecule has 0 aromatic heterocycles. The van der Waals surface area contributed by atoms with E-state index in [4.69, 9.17) is 11.5 Å². The molecule has 0 unspecified atom stereocenters. The molecular formula is C13H19N3O2. The first-order chi connectivity index (χ1) is 8.56. The summed E-state index contributed by atoms with van der Waals surface area (Å²) in [6, 6.07) is 5.21. The second-order valence-corrected chi connectivity index (χ2v) is 4.75. The van der Waals surface area contributed by atoms with Gasteiger partial charge in [0, 0.05) is 24.5 Å². The standard InChI is InChI=1S/C13H19N3O2/c14-10-2-1-9(12(15)8-10)7-13(18)16-5-3-11(17)4-6-16/h1-2,8,11,17H,3-7,14-15H2. The average molecular weight is 249 g/mol. The molecule has 1 saturated heterocycles. The Bertz CT molecular complexity index is 440. The number of carbonyl (C=O) groups excluding carboxylic acids is 1. The molecule has 2 rings (SSSR count). The molecule has 5 N–H and O–H groups in total. The van der Waals surface area contributed by atoms with Crippen LogP contribution in [-0.4, -0.2) is 35.1 Å². The Morgan fingerprint density at radius 2 is 2.00 bits per heavy atom. The summed E-state index contributed by atoms with van der Waals surface area (Å²) in [6.07, 6.45) is 1.34. The van der Waals surface area contributed by atoms with Crippen LogP contribution in [-0.2, 0) is 11.2 Å². The van der Waals surface area contributed by atoms with Crippen LogP contribution in [0.3, 0.4) is 0 Å². The summed E-state index contributed by atoms with van der Waals surface area (Å²) in [6.45, 7) is 1.24. The lowest BCUT2D eigenvalue weighted by Gasteiger charge is -2.29. The van der Waals surface area contributed by atoms with E-state index in [-0.39, 0.29) is 12.0 Å². The van der Waals surface area contributed by atoms with Gasteiger partial charge >= 0.3 is 0 Å². The molecule has 1 aliphatic heterocycles. The zero-order chi connectivity index (χ0) is 13.1. The highest BCUT2D eigenvalue weighted by atomic mass is 16.3. The van der Waals surface area contributed by atoms with Gasteiger partial charge in [-0.25, -0.2) is 0 Å². The SMILES string of the molecule is Nc1ccc(CC(=O)N2CCC(O)CC2)c(N)c1. The van der Waals surface area contributed by atoms with Crippen molar-refractivity contribution in [3.63, 3.8) is 0 Å². The second kappa shape index (κ2) is 5.27. The topological polar surface area (TPSA) is 92.6 Å². The summed E-state index contributed by atoms with van der Waals surface area (Å²) in [5.74, 6) is 0.0540. The fourth-order valence-corrected chi connectivity index (χ4v) is 2.16. The van der Waals surface area contributed by atoms with E-state index in [0.29, 0.717) is 43.7 Å². The summed E-state index contributed by atoms with van der Waals surface area (Å²) in [7, 11) is 0. The predicted molar refractivity (Wildman–Crippen MR) is 70.8 cm³/mol. The monoisotopic (exact) mass is 249 g/mol. The van der Waals surface area contributed by atoms with Crippen LogP contribution in [0.1, 0.15) is 18.4 Å². The van der Waals surface area contributed by atoms with Crippen molar-refractivity contribution in [2.45, 2.75) is 25.4 Å². The Morgan fingerprint density at radius 3 is 2.61 bits per heavy atom. The van der Waals surface area contributed by atoms with Gasteiger partial charge in [-0.3, -0.25) is 4.79 Å². The molecule has 5 nitrogen and oxygen atoms in total. The fraction of sp³-hybridized carbons (Fsp3) is 0.462. The smallest absolute Gasteiger partial charge is 0.227 e. The van der Waals surface area contributed by atoms with Crippen LogP contribution in [0.25, 0.3) is 0 Å². The highest BCUT2D eigenvalue weighted by molar-refractivity contribution is 5.81. The van der Waals surface area contributed by atoms with Gasteiger partial charge in [-0.1, -0.05) is 6.07 Å². The van der Waals surface area contributed by atoms with Gasteiger partial charge in [0.05, 0.1) is 12.5 Å². The maximum Gasteiger partial charge on any atom is 0.227 e. The minimum absolute atomic E-state index is 0.0540. The zero-order valence-corrected chi connectivity index (χ0v) is 10.3. The molecular weight excluding hydrogens is 230 g/mol. The summed E-state index contributed by atoms with van der Waals surface area (Å²) < 4.78 is 0. The van der Waals surface area contributed by atoms with Gasteiger partial charge in [0.1, 0.15) is 0 Å². The van der Waals surface area contributed by atoms with Crippen LogP contribution in [0.15, 0.2) is 18.2 Å². The summed E-state index contributed by atoms with van der Waals surface area (Å²) in [4.78, 5) is 13.8. The van der Waals surface area contributed by atoms with E-state index in [2.05, 4.69) is 0 Å². The third kappa shape index (κ3) is 2.92. The number of likely N-dealkylation sites (tertiary alicyclic amines) is 1. The lowest BCUT2D eigenvalue weighted by atomic mass is 10.0. The Kier molecular flexibility index (Phi) is 3.72. The maximum atomic E-state index is 12.1. The number of nitrogens with two attached hydrogens (primary N) is 2. The summed E-state index contributed by atoms with van der Waals surface area (Å²) in [5.41, 5.74) is 13.4. The number of piperidine rings is 1. The zero-order valence-electron chi connectivity index (χ0n) is 10.3. The van der Waals surface area contributed by atoms with E-state index in [1.54, 1.807) is 23.1 Å². The lowest BCUT2D eigenvalue weighted by Crippen LogP contribution is -2.40. The number of amides is 1. The molecule has 0 saturated carbocycles. The second-order valence-electron chi connectivity index (χ2n) is 4.75. The number of aliphatic hydroxyl groups excluding tert-OH is 1. The molecule has 1 aliphatic rings. The summed E-state index contributed by atoms with van der Waals surface area (Å²) >= 11 is 0. The number of rotatable bonds is 2. The molecule has 0 spiro atoms. The van der Waals surface area contributed by atoms with E-state index in [1.165, 1.54) is 0 Å².